The molecule has 0 aliphatic heterocycles. The first-order chi connectivity index (χ1) is 9.30. The molecule has 0 spiro atoms. The maximum Gasteiger partial charge on any atom is 0.417 e. The van der Waals surface area contributed by atoms with Gasteiger partial charge in [0.25, 0.3) is 0 Å². The Morgan fingerprint density at radius 1 is 1.25 bits per heavy atom. The van der Waals surface area contributed by atoms with Gasteiger partial charge in [0.1, 0.15) is 0 Å². The number of carboxylic acid groups (broad SMARTS) is 1. The molecule has 104 valence electrons. The number of carboxylic acids is 1. The average molecular weight is 281 g/mol. The number of carbonyl (C=O) groups is 1. The monoisotopic (exact) mass is 281 g/mol. The highest BCUT2D eigenvalue weighted by Crippen LogP contribution is 2.35. The van der Waals surface area contributed by atoms with E-state index in [2.05, 4.69) is 4.98 Å². The summed E-state index contributed by atoms with van der Waals surface area (Å²) in [7, 11) is 0. The molecule has 1 N–H and O–H groups in total. The van der Waals surface area contributed by atoms with Crippen molar-refractivity contribution in [2.45, 2.75) is 13.1 Å². The van der Waals surface area contributed by atoms with Crippen LogP contribution in [0.25, 0.3) is 11.1 Å². The number of halogens is 3. The van der Waals surface area contributed by atoms with E-state index in [1.54, 1.807) is 13.0 Å². The first-order valence-corrected chi connectivity index (χ1v) is 5.66. The predicted octanol–water partition coefficient (Wildman–Crippen LogP) is 3.77. The maximum atomic E-state index is 12.9. The van der Waals surface area contributed by atoms with Crippen molar-refractivity contribution in [3.8, 4) is 11.1 Å². The first kappa shape index (κ1) is 14.0. The van der Waals surface area contributed by atoms with Gasteiger partial charge in [0.05, 0.1) is 11.1 Å². The summed E-state index contributed by atoms with van der Waals surface area (Å²) < 4.78 is 38.8. The van der Waals surface area contributed by atoms with Gasteiger partial charge in [-0.1, -0.05) is 6.07 Å². The number of nitrogens with zero attached hydrogens (tertiary/aromatic N) is 1. The van der Waals surface area contributed by atoms with E-state index in [9.17, 15) is 18.0 Å². The van der Waals surface area contributed by atoms with Crippen molar-refractivity contribution in [2.24, 2.45) is 0 Å². The molecule has 20 heavy (non-hydrogen) atoms. The van der Waals surface area contributed by atoms with Crippen molar-refractivity contribution in [3.63, 3.8) is 0 Å². The Bertz CT molecular complexity index is 666. The van der Waals surface area contributed by atoms with Crippen molar-refractivity contribution in [1.82, 2.24) is 4.98 Å². The van der Waals surface area contributed by atoms with Crippen molar-refractivity contribution < 1.29 is 23.1 Å². The van der Waals surface area contributed by atoms with E-state index in [0.29, 0.717) is 16.7 Å². The van der Waals surface area contributed by atoms with Crippen LogP contribution in [-0.2, 0) is 6.18 Å². The molecule has 3 nitrogen and oxygen atoms in total. The molecule has 0 radical (unpaired) electrons. The van der Waals surface area contributed by atoms with Gasteiger partial charge in [0.15, 0.2) is 0 Å². The lowest BCUT2D eigenvalue weighted by molar-refractivity contribution is -0.138. The van der Waals surface area contributed by atoms with Crippen LogP contribution in [0.15, 0.2) is 36.7 Å². The molecule has 0 aliphatic carbocycles. The number of rotatable bonds is 2. The lowest BCUT2D eigenvalue weighted by Gasteiger charge is -2.13. The van der Waals surface area contributed by atoms with Crippen LogP contribution in [0, 0.1) is 6.92 Å². The molecule has 0 amide bonds. The molecule has 2 aromatic rings. The molecule has 0 atom stereocenters. The average Bonchev–Trinajstić information content (AvgIpc) is 2.37. The third-order valence-corrected chi connectivity index (χ3v) is 2.89. The number of aryl methyl sites for hydroxylation is 1. The van der Waals surface area contributed by atoms with E-state index in [-0.39, 0.29) is 0 Å². The van der Waals surface area contributed by atoms with Crippen LogP contribution in [0.2, 0.25) is 0 Å². The summed E-state index contributed by atoms with van der Waals surface area (Å²) in [4.78, 5) is 14.7. The summed E-state index contributed by atoms with van der Waals surface area (Å²) in [6.07, 6.45) is -1.71. The Morgan fingerprint density at radius 2 is 1.95 bits per heavy atom. The number of aromatic nitrogens is 1. The minimum Gasteiger partial charge on any atom is -0.478 e. The quantitative estimate of drug-likeness (QED) is 0.911. The van der Waals surface area contributed by atoms with E-state index in [1.807, 2.05) is 0 Å². The van der Waals surface area contributed by atoms with Gasteiger partial charge in [-0.25, -0.2) is 4.79 Å². The standard InChI is InChI=1S/C14H10F3NO2/c1-8-7-18-5-4-10(8)9-2-3-11(13(19)20)12(6-9)14(15,16)17/h2-7H,1H3,(H,19,20). The lowest BCUT2D eigenvalue weighted by Crippen LogP contribution is -2.13. The topological polar surface area (TPSA) is 50.2 Å². The van der Waals surface area contributed by atoms with E-state index in [4.69, 9.17) is 5.11 Å². The van der Waals surface area contributed by atoms with Gasteiger partial charge < -0.3 is 5.11 Å². The molecule has 0 unspecified atom stereocenters. The number of hydrogen-bond donors (Lipinski definition) is 1. The molecule has 0 saturated heterocycles. The molecule has 1 heterocycles. The second-order valence-corrected chi connectivity index (χ2v) is 4.25. The summed E-state index contributed by atoms with van der Waals surface area (Å²) >= 11 is 0. The molecule has 1 aromatic carbocycles. The van der Waals surface area contributed by atoms with E-state index in [1.165, 1.54) is 18.5 Å². The molecule has 0 aliphatic rings. The highest BCUT2D eigenvalue weighted by Gasteiger charge is 2.35. The number of alkyl halides is 3. The van der Waals surface area contributed by atoms with Gasteiger partial charge in [-0.2, -0.15) is 13.2 Å². The molecule has 2 rings (SSSR count). The molecule has 6 heteroatoms. The Balaban J connectivity index is 2.65. The van der Waals surface area contributed by atoms with E-state index >= 15 is 0 Å². The van der Waals surface area contributed by atoms with Crippen molar-refractivity contribution in [2.75, 3.05) is 0 Å². The molecule has 0 saturated carbocycles. The smallest absolute Gasteiger partial charge is 0.417 e. The van der Waals surface area contributed by atoms with Crippen LogP contribution in [0.4, 0.5) is 13.2 Å². The Labute approximate surface area is 112 Å². The first-order valence-electron chi connectivity index (χ1n) is 5.66. The van der Waals surface area contributed by atoms with Crippen molar-refractivity contribution in [3.05, 3.63) is 53.3 Å². The third-order valence-electron chi connectivity index (χ3n) is 2.89. The number of benzene rings is 1. The minimum absolute atomic E-state index is 0.308. The number of aromatic carboxylic acids is 1. The molecule has 1 aromatic heterocycles. The van der Waals surface area contributed by atoms with Crippen LogP contribution < -0.4 is 0 Å². The van der Waals surface area contributed by atoms with Crippen LogP contribution >= 0.6 is 0 Å². The van der Waals surface area contributed by atoms with E-state index in [0.717, 1.165) is 12.1 Å². The number of hydrogen-bond acceptors (Lipinski definition) is 2. The fourth-order valence-electron chi connectivity index (χ4n) is 1.93. The molecule has 0 fully saturated rings. The Hall–Kier alpha value is -2.37. The lowest BCUT2D eigenvalue weighted by atomic mass is 9.97. The SMILES string of the molecule is Cc1cnccc1-c1ccc(C(=O)O)c(C(F)(F)F)c1. The normalized spacial score (nSPS) is 11.4. The van der Waals surface area contributed by atoms with Gasteiger partial charge in [-0.05, 0) is 41.8 Å². The fourth-order valence-corrected chi connectivity index (χ4v) is 1.93. The van der Waals surface area contributed by atoms with Gasteiger partial charge in [0.2, 0.25) is 0 Å². The molecule has 0 bridgehead atoms. The van der Waals surface area contributed by atoms with Gasteiger partial charge in [0, 0.05) is 12.4 Å². The summed E-state index contributed by atoms with van der Waals surface area (Å²) in [6.45, 7) is 1.72. The third kappa shape index (κ3) is 2.64. The predicted molar refractivity (Wildman–Crippen MR) is 66.4 cm³/mol. The Kier molecular flexibility index (Phi) is 3.48. The zero-order valence-corrected chi connectivity index (χ0v) is 10.4. The van der Waals surface area contributed by atoms with E-state index < -0.39 is 23.3 Å². The summed E-state index contributed by atoms with van der Waals surface area (Å²) in [5.74, 6) is -1.60. The molecular formula is C14H10F3NO2. The van der Waals surface area contributed by atoms with Gasteiger partial charge >= 0.3 is 12.1 Å². The number of pyridine rings is 1. The maximum absolute atomic E-state index is 12.9. The van der Waals surface area contributed by atoms with Gasteiger partial charge in [-0.15, -0.1) is 0 Å². The summed E-state index contributed by atoms with van der Waals surface area (Å²) in [5, 5.41) is 8.84. The summed E-state index contributed by atoms with van der Waals surface area (Å²) in [5.41, 5.74) is -0.306. The van der Waals surface area contributed by atoms with Crippen molar-refractivity contribution >= 4 is 5.97 Å². The summed E-state index contributed by atoms with van der Waals surface area (Å²) in [6, 6.07) is 4.78. The van der Waals surface area contributed by atoms with Crippen molar-refractivity contribution in [1.29, 1.82) is 0 Å². The minimum atomic E-state index is -4.72. The Morgan fingerprint density at radius 3 is 2.50 bits per heavy atom. The fraction of sp³-hybridized carbons (Fsp3) is 0.143. The highest BCUT2D eigenvalue weighted by atomic mass is 19.4. The molecular weight excluding hydrogens is 271 g/mol. The zero-order chi connectivity index (χ0) is 14.9. The second-order valence-electron chi connectivity index (χ2n) is 4.25. The largest absolute Gasteiger partial charge is 0.478 e. The van der Waals surface area contributed by atoms with Crippen LogP contribution in [0.3, 0.4) is 0 Å². The van der Waals surface area contributed by atoms with Crippen LogP contribution in [0.5, 0.6) is 0 Å². The highest BCUT2D eigenvalue weighted by molar-refractivity contribution is 5.90. The van der Waals surface area contributed by atoms with Gasteiger partial charge in [-0.3, -0.25) is 4.98 Å². The zero-order valence-electron chi connectivity index (χ0n) is 10.4. The van der Waals surface area contributed by atoms with Crippen LogP contribution in [-0.4, -0.2) is 16.1 Å². The second kappa shape index (κ2) is 4.96. The van der Waals surface area contributed by atoms with Crippen LogP contribution in [0.1, 0.15) is 21.5 Å².